The van der Waals surface area contributed by atoms with Crippen LogP contribution in [0.3, 0.4) is 0 Å². The molecule has 1 atom stereocenters. The zero-order valence-electron chi connectivity index (χ0n) is 10.6. The molecule has 0 saturated carbocycles. The van der Waals surface area contributed by atoms with Gasteiger partial charge in [0.2, 0.25) is 0 Å². The number of benzene rings is 1. The molecule has 85 valence electrons. The first kappa shape index (κ1) is 12.3. The van der Waals surface area contributed by atoms with Crippen molar-refractivity contribution < 1.29 is 21.8 Å². The molecule has 0 saturated heterocycles. The third-order valence-electron chi connectivity index (χ3n) is 3.42. The standard InChI is InChI=1S/C13H15.2CH3.Zr/c1-2-3-6-11-9-12-7-4-5-8-13(12)10-11;;;/h4-5,7-10H,2-3,6H2,1H3;2*1H3;. The third-order valence-corrected chi connectivity index (χ3v) is 7.93. The minimum atomic E-state index is -1.19. The summed E-state index contributed by atoms with van der Waals surface area (Å²) >= 11 is -1.19. The molecule has 1 aromatic carbocycles. The average Bonchev–Trinajstić information content (AvgIpc) is 2.64. The summed E-state index contributed by atoms with van der Waals surface area (Å²) in [6.07, 6.45) is 6.46. The van der Waals surface area contributed by atoms with E-state index in [0.717, 1.165) is 3.63 Å². The van der Waals surface area contributed by atoms with Crippen molar-refractivity contribution in [3.8, 4) is 0 Å². The van der Waals surface area contributed by atoms with E-state index in [1.807, 2.05) is 0 Å². The molecule has 1 unspecified atom stereocenters. The van der Waals surface area contributed by atoms with Crippen molar-refractivity contribution in [2.24, 2.45) is 0 Å². The second-order valence-corrected chi connectivity index (χ2v) is 11.7. The third kappa shape index (κ3) is 2.40. The van der Waals surface area contributed by atoms with Crippen LogP contribution < -0.4 is 0 Å². The van der Waals surface area contributed by atoms with E-state index >= 15 is 0 Å². The van der Waals surface area contributed by atoms with E-state index in [-0.39, 0.29) is 0 Å². The predicted molar refractivity (Wildman–Crippen MR) is 68.4 cm³/mol. The topological polar surface area (TPSA) is 0 Å². The maximum absolute atomic E-state index is 2.54. The molecule has 1 heteroatoms. The summed E-state index contributed by atoms with van der Waals surface area (Å²) in [7, 11) is 0. The number of hydrogen-bond acceptors (Lipinski definition) is 0. The van der Waals surface area contributed by atoms with E-state index in [0.29, 0.717) is 0 Å². The van der Waals surface area contributed by atoms with Crippen molar-refractivity contribution in [2.45, 2.75) is 39.1 Å². The monoisotopic (exact) mass is 291 g/mol. The molecule has 1 aliphatic rings. The number of unbranched alkanes of at least 4 members (excludes halogenated alkanes) is 1. The first-order valence-corrected chi connectivity index (χ1v) is 12.7. The summed E-state index contributed by atoms with van der Waals surface area (Å²) < 4.78 is 5.94. The SMILES string of the molecule is CCCCC1=Cc2ccccc2[CH]1[Zr]([CH3])[CH3]. The zero-order valence-corrected chi connectivity index (χ0v) is 13.0. The molecule has 0 heterocycles. The van der Waals surface area contributed by atoms with Gasteiger partial charge in [0.15, 0.2) is 0 Å². The van der Waals surface area contributed by atoms with Gasteiger partial charge in [-0.3, -0.25) is 0 Å². The van der Waals surface area contributed by atoms with Crippen LogP contribution in [0.2, 0.25) is 9.26 Å². The van der Waals surface area contributed by atoms with Gasteiger partial charge in [-0.1, -0.05) is 0 Å². The molecule has 16 heavy (non-hydrogen) atoms. The molecule has 0 aliphatic heterocycles. The molecule has 1 aromatic rings. The molecule has 2 rings (SSSR count). The van der Waals surface area contributed by atoms with Gasteiger partial charge in [-0.05, 0) is 0 Å². The molecule has 0 radical (unpaired) electrons. The van der Waals surface area contributed by atoms with Gasteiger partial charge in [-0.2, -0.15) is 0 Å². The Bertz CT molecular complexity index is 390. The van der Waals surface area contributed by atoms with Crippen LogP contribution in [0, 0.1) is 0 Å². The van der Waals surface area contributed by atoms with E-state index in [1.165, 1.54) is 24.8 Å². The second kappa shape index (κ2) is 5.45. The van der Waals surface area contributed by atoms with Crippen molar-refractivity contribution >= 4 is 6.08 Å². The Morgan fingerprint density at radius 3 is 2.62 bits per heavy atom. The van der Waals surface area contributed by atoms with Crippen LogP contribution in [0.4, 0.5) is 0 Å². The van der Waals surface area contributed by atoms with Crippen molar-refractivity contribution in [3.63, 3.8) is 0 Å². The van der Waals surface area contributed by atoms with Crippen molar-refractivity contribution in [3.05, 3.63) is 41.0 Å². The van der Waals surface area contributed by atoms with E-state index in [2.05, 4.69) is 46.5 Å². The van der Waals surface area contributed by atoms with Crippen LogP contribution in [0.1, 0.15) is 40.9 Å². The number of rotatable bonds is 4. The Hall–Kier alpha value is -0.157. The molecule has 0 fully saturated rings. The van der Waals surface area contributed by atoms with Crippen LogP contribution >= 0.6 is 0 Å². The Morgan fingerprint density at radius 1 is 1.19 bits per heavy atom. The molecule has 0 nitrogen and oxygen atoms in total. The van der Waals surface area contributed by atoms with E-state index < -0.39 is 21.8 Å². The van der Waals surface area contributed by atoms with Gasteiger partial charge in [0.1, 0.15) is 0 Å². The van der Waals surface area contributed by atoms with Crippen LogP contribution in [0.15, 0.2) is 29.8 Å². The van der Waals surface area contributed by atoms with Gasteiger partial charge in [0, 0.05) is 0 Å². The van der Waals surface area contributed by atoms with E-state index in [1.54, 1.807) is 11.1 Å². The Labute approximate surface area is 107 Å². The zero-order chi connectivity index (χ0) is 11.5. The molecule has 0 N–H and O–H groups in total. The van der Waals surface area contributed by atoms with Crippen LogP contribution in [0.5, 0.6) is 0 Å². The fourth-order valence-electron chi connectivity index (χ4n) is 2.67. The quantitative estimate of drug-likeness (QED) is 0.730. The number of hydrogen-bond donors (Lipinski definition) is 0. The van der Waals surface area contributed by atoms with Gasteiger partial charge >= 0.3 is 108 Å². The fourth-order valence-corrected chi connectivity index (χ4v) is 7.22. The van der Waals surface area contributed by atoms with Gasteiger partial charge in [-0.15, -0.1) is 0 Å². The summed E-state index contributed by atoms with van der Waals surface area (Å²) in [6, 6.07) is 9.01. The van der Waals surface area contributed by atoms with Crippen molar-refractivity contribution in [2.75, 3.05) is 0 Å². The van der Waals surface area contributed by atoms with E-state index in [4.69, 9.17) is 0 Å². The van der Waals surface area contributed by atoms with Crippen molar-refractivity contribution in [1.29, 1.82) is 0 Å². The van der Waals surface area contributed by atoms with Crippen LogP contribution in [-0.4, -0.2) is 0 Å². The van der Waals surface area contributed by atoms with Crippen LogP contribution in [0.25, 0.3) is 6.08 Å². The number of fused-ring (bicyclic) bond motifs is 1. The summed E-state index contributed by atoms with van der Waals surface area (Å²) in [5.74, 6) is 0. The Morgan fingerprint density at radius 2 is 1.94 bits per heavy atom. The normalized spacial score (nSPS) is 18.2. The van der Waals surface area contributed by atoms with Gasteiger partial charge in [0.25, 0.3) is 0 Å². The average molecular weight is 293 g/mol. The van der Waals surface area contributed by atoms with Gasteiger partial charge in [-0.25, -0.2) is 0 Å². The van der Waals surface area contributed by atoms with Gasteiger partial charge in [0.05, 0.1) is 0 Å². The fraction of sp³-hybridized carbons (Fsp3) is 0.467. The molecule has 0 bridgehead atoms. The summed E-state index contributed by atoms with van der Waals surface area (Å²) in [5.41, 5.74) is 4.87. The molecular weight excluding hydrogens is 271 g/mol. The van der Waals surface area contributed by atoms with Crippen LogP contribution in [-0.2, 0) is 21.8 Å². The first-order valence-electron chi connectivity index (χ1n) is 6.33. The molecule has 0 amide bonds. The van der Waals surface area contributed by atoms with E-state index in [9.17, 15) is 0 Å². The first-order chi connectivity index (χ1) is 7.74. The molecule has 1 aliphatic carbocycles. The molecule has 0 aromatic heterocycles. The predicted octanol–water partition coefficient (Wildman–Crippen LogP) is 5.03. The van der Waals surface area contributed by atoms with Crippen molar-refractivity contribution in [1.82, 2.24) is 0 Å². The molecule has 0 spiro atoms. The summed E-state index contributed by atoms with van der Waals surface area (Å²) in [5, 5.41) is 0. The molecular formula is C15H21Zr. The summed E-state index contributed by atoms with van der Waals surface area (Å²) in [6.45, 7) is 2.29. The minimum absolute atomic E-state index is 0.866. The second-order valence-electron chi connectivity index (χ2n) is 4.96. The number of allylic oxidation sites excluding steroid dienone is 1. The Kier molecular flexibility index (Phi) is 4.19. The Balaban J connectivity index is 2.28. The maximum atomic E-state index is 2.54. The van der Waals surface area contributed by atoms with Gasteiger partial charge < -0.3 is 0 Å². The summed E-state index contributed by atoms with van der Waals surface area (Å²) in [4.78, 5) is 0.